The van der Waals surface area contributed by atoms with Crippen molar-refractivity contribution in [1.29, 1.82) is 0 Å². The quantitative estimate of drug-likeness (QED) is 0.235. The van der Waals surface area contributed by atoms with Gasteiger partial charge < -0.3 is 15.8 Å². The molecule has 5 heteroatoms. The normalized spacial score (nSPS) is 13.4. The summed E-state index contributed by atoms with van der Waals surface area (Å²) < 4.78 is 5.16. The predicted molar refractivity (Wildman–Crippen MR) is 55.6 cm³/mol. The Kier molecular flexibility index (Phi) is 7.77. The average Bonchev–Trinajstić information content (AvgIpc) is 2.01. The molecule has 0 saturated heterocycles. The summed E-state index contributed by atoms with van der Waals surface area (Å²) in [5.74, 6) is -0.429. The van der Waals surface area contributed by atoms with Crippen LogP contribution in [0.3, 0.4) is 0 Å². The molecule has 0 bridgehead atoms. The van der Waals surface area contributed by atoms with E-state index < -0.39 is 5.91 Å². The van der Waals surface area contributed by atoms with Crippen molar-refractivity contribution >= 4 is 18.5 Å². The number of amides is 1. The fraction of sp³-hybridized carbons (Fsp3) is 0.625. The molecule has 0 heterocycles. The maximum absolute atomic E-state index is 10.3. The van der Waals surface area contributed by atoms with Crippen LogP contribution in [0.5, 0.6) is 0 Å². The van der Waals surface area contributed by atoms with E-state index in [0.717, 1.165) is 6.54 Å². The largest absolute Gasteiger partial charge is 0.367 e. The molecule has 0 aromatic carbocycles. The van der Waals surface area contributed by atoms with Crippen molar-refractivity contribution in [3.8, 4) is 0 Å². The Morgan fingerprint density at radius 1 is 1.77 bits per heavy atom. The second-order valence-electron chi connectivity index (χ2n) is 2.48. The minimum atomic E-state index is -0.429. The van der Waals surface area contributed by atoms with Crippen LogP contribution < -0.4 is 11.1 Å². The molecule has 0 aromatic heterocycles. The Bertz CT molecular complexity index is 172. The molecule has 1 unspecified atom stereocenters. The zero-order chi connectivity index (χ0) is 10.1. The smallest absolute Gasteiger partial charge is 0.241 e. The standard InChI is InChI=1S/C8H16N2O2S/c1-7(13)12-6-5-10-4-2-3-8(9)11/h2-3,7,10,13H,4-6H2,1H3,(H2,9,11)/b3-2+. The van der Waals surface area contributed by atoms with E-state index in [0.29, 0.717) is 13.2 Å². The second kappa shape index (κ2) is 8.10. The van der Waals surface area contributed by atoms with E-state index in [1.54, 1.807) is 6.08 Å². The van der Waals surface area contributed by atoms with E-state index in [9.17, 15) is 4.79 Å². The topological polar surface area (TPSA) is 64.3 Å². The number of thiol groups is 1. The van der Waals surface area contributed by atoms with Crippen LogP contribution in [-0.4, -0.2) is 31.0 Å². The van der Waals surface area contributed by atoms with Gasteiger partial charge in [0.1, 0.15) is 0 Å². The van der Waals surface area contributed by atoms with E-state index >= 15 is 0 Å². The minimum absolute atomic E-state index is 0.0389. The highest BCUT2D eigenvalue weighted by molar-refractivity contribution is 7.80. The van der Waals surface area contributed by atoms with Gasteiger partial charge in [0.15, 0.2) is 0 Å². The van der Waals surface area contributed by atoms with Crippen LogP contribution in [0.15, 0.2) is 12.2 Å². The summed E-state index contributed by atoms with van der Waals surface area (Å²) in [4.78, 5) is 10.3. The van der Waals surface area contributed by atoms with Crippen molar-refractivity contribution in [2.75, 3.05) is 19.7 Å². The zero-order valence-corrected chi connectivity index (χ0v) is 8.59. The van der Waals surface area contributed by atoms with Crippen molar-refractivity contribution in [2.45, 2.75) is 12.4 Å². The molecule has 0 aromatic rings. The second-order valence-corrected chi connectivity index (χ2v) is 3.21. The van der Waals surface area contributed by atoms with Gasteiger partial charge in [-0.2, -0.15) is 0 Å². The number of hydrogen-bond acceptors (Lipinski definition) is 4. The number of rotatable bonds is 7. The van der Waals surface area contributed by atoms with Crippen molar-refractivity contribution < 1.29 is 9.53 Å². The predicted octanol–water partition coefficient (Wildman–Crippen LogP) is -0.0901. The lowest BCUT2D eigenvalue weighted by atomic mass is 10.4. The zero-order valence-electron chi connectivity index (χ0n) is 7.69. The van der Waals surface area contributed by atoms with Gasteiger partial charge in [-0.25, -0.2) is 0 Å². The highest BCUT2D eigenvalue weighted by Gasteiger charge is 1.91. The van der Waals surface area contributed by atoms with Crippen molar-refractivity contribution in [3.05, 3.63) is 12.2 Å². The van der Waals surface area contributed by atoms with Crippen LogP contribution in [-0.2, 0) is 9.53 Å². The first-order valence-corrected chi connectivity index (χ1v) is 4.61. The fourth-order valence-corrected chi connectivity index (χ4v) is 0.768. The number of carbonyl (C=O) groups excluding carboxylic acids is 1. The first-order chi connectivity index (χ1) is 6.13. The Labute approximate surface area is 83.9 Å². The lowest BCUT2D eigenvalue weighted by Gasteiger charge is -2.06. The van der Waals surface area contributed by atoms with E-state index in [-0.39, 0.29) is 5.44 Å². The molecular formula is C8H16N2O2S. The highest BCUT2D eigenvalue weighted by Crippen LogP contribution is 1.92. The summed E-state index contributed by atoms with van der Waals surface area (Å²) in [5.41, 5.74) is 4.85. The number of hydrogen-bond donors (Lipinski definition) is 3. The van der Waals surface area contributed by atoms with Crippen LogP contribution >= 0.6 is 12.6 Å². The molecule has 0 radical (unpaired) electrons. The van der Waals surface area contributed by atoms with Crippen LogP contribution in [0.25, 0.3) is 0 Å². The first kappa shape index (κ1) is 12.5. The third-order valence-electron chi connectivity index (χ3n) is 1.18. The van der Waals surface area contributed by atoms with Crippen LogP contribution in [0.2, 0.25) is 0 Å². The maximum Gasteiger partial charge on any atom is 0.241 e. The van der Waals surface area contributed by atoms with Gasteiger partial charge in [0.05, 0.1) is 12.0 Å². The van der Waals surface area contributed by atoms with Crippen LogP contribution in [0.4, 0.5) is 0 Å². The number of carbonyl (C=O) groups is 1. The number of nitrogens with two attached hydrogens (primary N) is 1. The number of primary amides is 1. The summed E-state index contributed by atoms with van der Waals surface area (Å²) >= 11 is 4.04. The van der Waals surface area contributed by atoms with E-state index in [2.05, 4.69) is 17.9 Å². The monoisotopic (exact) mass is 204 g/mol. The van der Waals surface area contributed by atoms with Crippen LogP contribution in [0, 0.1) is 0 Å². The summed E-state index contributed by atoms with van der Waals surface area (Å²) in [6.07, 6.45) is 3.00. The van der Waals surface area contributed by atoms with Gasteiger partial charge in [0.25, 0.3) is 0 Å². The molecule has 76 valence electrons. The third-order valence-corrected chi connectivity index (χ3v) is 1.33. The minimum Gasteiger partial charge on any atom is -0.367 e. The van der Waals surface area contributed by atoms with E-state index in [1.165, 1.54) is 6.08 Å². The molecule has 0 fully saturated rings. The van der Waals surface area contributed by atoms with Gasteiger partial charge in [0, 0.05) is 13.1 Å². The van der Waals surface area contributed by atoms with Crippen molar-refractivity contribution in [3.63, 3.8) is 0 Å². The van der Waals surface area contributed by atoms with Gasteiger partial charge in [-0.15, -0.1) is 12.6 Å². The van der Waals surface area contributed by atoms with Crippen molar-refractivity contribution in [1.82, 2.24) is 5.32 Å². The van der Waals surface area contributed by atoms with Crippen LogP contribution in [0.1, 0.15) is 6.92 Å². The molecule has 0 spiro atoms. The molecular weight excluding hydrogens is 188 g/mol. The van der Waals surface area contributed by atoms with E-state index in [1.807, 2.05) is 6.92 Å². The molecule has 0 saturated carbocycles. The highest BCUT2D eigenvalue weighted by atomic mass is 32.1. The molecule has 13 heavy (non-hydrogen) atoms. The third kappa shape index (κ3) is 11.5. The summed E-state index contributed by atoms with van der Waals surface area (Å²) in [5, 5.41) is 3.04. The lowest BCUT2D eigenvalue weighted by Crippen LogP contribution is -2.21. The van der Waals surface area contributed by atoms with Gasteiger partial charge in [0.2, 0.25) is 5.91 Å². The molecule has 4 nitrogen and oxygen atoms in total. The lowest BCUT2D eigenvalue weighted by molar-refractivity contribution is -0.113. The van der Waals surface area contributed by atoms with Gasteiger partial charge >= 0.3 is 0 Å². The Balaban J connectivity index is 3.13. The average molecular weight is 204 g/mol. The fourth-order valence-electron chi connectivity index (χ4n) is 0.662. The Hall–Kier alpha value is -0.520. The van der Waals surface area contributed by atoms with E-state index in [4.69, 9.17) is 10.5 Å². The Morgan fingerprint density at radius 3 is 3.00 bits per heavy atom. The van der Waals surface area contributed by atoms with Gasteiger partial charge in [-0.1, -0.05) is 6.08 Å². The van der Waals surface area contributed by atoms with Crippen molar-refractivity contribution in [2.24, 2.45) is 5.73 Å². The summed E-state index contributed by atoms with van der Waals surface area (Å²) in [6, 6.07) is 0. The maximum atomic E-state index is 10.3. The molecule has 0 rings (SSSR count). The Morgan fingerprint density at radius 2 is 2.46 bits per heavy atom. The first-order valence-electron chi connectivity index (χ1n) is 4.09. The summed E-state index contributed by atoms with van der Waals surface area (Å²) in [7, 11) is 0. The molecule has 3 N–H and O–H groups in total. The number of ether oxygens (including phenoxy) is 1. The summed E-state index contributed by atoms with van der Waals surface area (Å²) in [6.45, 7) is 3.81. The SMILES string of the molecule is CC(S)OCCNC/C=C/C(N)=O. The molecule has 0 aliphatic carbocycles. The van der Waals surface area contributed by atoms with Gasteiger partial charge in [-0.3, -0.25) is 4.79 Å². The molecule has 0 aliphatic heterocycles. The molecule has 1 atom stereocenters. The molecule has 1 amide bonds. The van der Waals surface area contributed by atoms with Gasteiger partial charge in [-0.05, 0) is 13.0 Å². The number of nitrogens with one attached hydrogen (secondary N) is 1. The molecule has 0 aliphatic rings.